The van der Waals surface area contributed by atoms with Crippen molar-refractivity contribution in [3.63, 3.8) is 0 Å². The topological polar surface area (TPSA) is 69.0 Å². The van der Waals surface area contributed by atoms with Gasteiger partial charge in [0, 0.05) is 16.8 Å². The Balaban J connectivity index is 1.79. The average molecular weight is 322 g/mol. The number of amides is 1. The van der Waals surface area contributed by atoms with Crippen LogP contribution >= 0.6 is 11.3 Å². The predicted octanol–water partition coefficient (Wildman–Crippen LogP) is 2.14. The lowest BCUT2D eigenvalue weighted by molar-refractivity contribution is -0.126. The summed E-state index contributed by atoms with van der Waals surface area (Å²) in [5.74, 6) is 0.570. The van der Waals surface area contributed by atoms with Crippen LogP contribution in [0.15, 0.2) is 12.4 Å². The summed E-state index contributed by atoms with van der Waals surface area (Å²) in [5, 5.41) is 10.6. The first-order chi connectivity index (χ1) is 10.5. The zero-order valence-electron chi connectivity index (χ0n) is 13.4. The van der Waals surface area contributed by atoms with E-state index in [1.54, 1.807) is 22.2 Å². The van der Waals surface area contributed by atoms with E-state index in [9.17, 15) is 4.79 Å². The van der Waals surface area contributed by atoms with Crippen molar-refractivity contribution in [2.24, 2.45) is 7.05 Å². The Morgan fingerprint density at radius 1 is 1.55 bits per heavy atom. The van der Waals surface area contributed by atoms with Crippen LogP contribution in [0.4, 0.5) is 0 Å². The van der Waals surface area contributed by atoms with E-state index >= 15 is 0 Å². The normalized spacial score (nSPS) is 12.4. The third kappa shape index (κ3) is 4.14. The van der Waals surface area contributed by atoms with Gasteiger partial charge in [-0.1, -0.05) is 6.92 Å². The van der Waals surface area contributed by atoms with Crippen molar-refractivity contribution in [1.29, 1.82) is 0 Å². The second kappa shape index (κ2) is 7.51. The molecule has 2 heterocycles. The number of ether oxygens (including phenoxy) is 1. The van der Waals surface area contributed by atoms with Crippen LogP contribution < -0.4 is 5.32 Å². The predicted molar refractivity (Wildman–Crippen MR) is 85.7 cm³/mol. The Labute approximate surface area is 134 Å². The molecule has 2 aromatic heterocycles. The highest BCUT2D eigenvalue weighted by Crippen LogP contribution is 2.27. The number of carbonyl (C=O) groups excluding carboxylic acids is 1. The molecule has 22 heavy (non-hydrogen) atoms. The van der Waals surface area contributed by atoms with Crippen molar-refractivity contribution in [3.05, 3.63) is 33.5 Å². The molecule has 0 fully saturated rings. The lowest BCUT2D eigenvalue weighted by atomic mass is 10.2. The van der Waals surface area contributed by atoms with Crippen LogP contribution in [0.2, 0.25) is 0 Å². The van der Waals surface area contributed by atoms with Gasteiger partial charge in [0.2, 0.25) is 5.91 Å². The van der Waals surface area contributed by atoms with Crippen LogP contribution in [-0.2, 0) is 29.6 Å². The Kier molecular flexibility index (Phi) is 5.68. The number of thiophene rings is 1. The van der Waals surface area contributed by atoms with E-state index in [2.05, 4.69) is 35.4 Å². The summed E-state index contributed by atoms with van der Waals surface area (Å²) in [7, 11) is 1.84. The number of hydrogen-bond acceptors (Lipinski definition) is 5. The van der Waals surface area contributed by atoms with E-state index in [-0.39, 0.29) is 25.2 Å². The summed E-state index contributed by atoms with van der Waals surface area (Å²) in [4.78, 5) is 14.5. The molecule has 1 N–H and O–H groups in total. The zero-order chi connectivity index (χ0) is 16.1. The Hall–Kier alpha value is -1.73. The minimum atomic E-state index is -0.126. The first-order valence-corrected chi connectivity index (χ1v) is 8.12. The Bertz CT molecular complexity index is 635. The van der Waals surface area contributed by atoms with Gasteiger partial charge in [0.15, 0.2) is 5.82 Å². The molecule has 0 spiro atoms. The van der Waals surface area contributed by atoms with Crippen molar-refractivity contribution < 1.29 is 9.53 Å². The molecular formula is C15H22N4O2S. The fraction of sp³-hybridized carbons (Fsp3) is 0.533. The molecule has 0 saturated carbocycles. The molecule has 0 aliphatic heterocycles. The Morgan fingerprint density at radius 3 is 2.91 bits per heavy atom. The molecule has 0 radical (unpaired) electrons. The van der Waals surface area contributed by atoms with Crippen molar-refractivity contribution in [2.45, 2.75) is 39.8 Å². The third-order valence-electron chi connectivity index (χ3n) is 3.43. The van der Waals surface area contributed by atoms with Crippen molar-refractivity contribution >= 4 is 17.2 Å². The first kappa shape index (κ1) is 16.6. The molecule has 6 nitrogen and oxygen atoms in total. The smallest absolute Gasteiger partial charge is 0.246 e. The van der Waals surface area contributed by atoms with E-state index < -0.39 is 0 Å². The van der Waals surface area contributed by atoms with E-state index in [4.69, 9.17) is 4.74 Å². The molecule has 0 aliphatic rings. The van der Waals surface area contributed by atoms with Gasteiger partial charge in [0.25, 0.3) is 0 Å². The third-order valence-corrected chi connectivity index (χ3v) is 5.00. The second-order valence-corrected chi connectivity index (χ2v) is 6.42. The number of rotatable bonds is 7. The molecule has 1 amide bonds. The lowest BCUT2D eigenvalue weighted by Crippen LogP contribution is -2.29. The summed E-state index contributed by atoms with van der Waals surface area (Å²) in [6.45, 7) is 6.54. The van der Waals surface area contributed by atoms with Crippen molar-refractivity contribution in [3.8, 4) is 0 Å². The highest BCUT2D eigenvalue weighted by atomic mass is 32.1. The van der Waals surface area contributed by atoms with Crippen LogP contribution in [0, 0.1) is 6.92 Å². The van der Waals surface area contributed by atoms with Crippen LogP contribution in [-0.4, -0.2) is 27.3 Å². The molecule has 0 aliphatic carbocycles. The van der Waals surface area contributed by atoms with Crippen LogP contribution in [0.25, 0.3) is 0 Å². The minimum absolute atomic E-state index is 0.00470. The number of nitrogens with zero attached hydrogens (tertiary/aromatic N) is 3. The van der Waals surface area contributed by atoms with Crippen LogP contribution in [0.3, 0.4) is 0 Å². The maximum Gasteiger partial charge on any atom is 0.246 e. The maximum absolute atomic E-state index is 11.9. The van der Waals surface area contributed by atoms with Gasteiger partial charge in [0.05, 0.1) is 6.04 Å². The van der Waals surface area contributed by atoms with Gasteiger partial charge >= 0.3 is 0 Å². The zero-order valence-corrected chi connectivity index (χ0v) is 14.2. The quantitative estimate of drug-likeness (QED) is 0.848. The minimum Gasteiger partial charge on any atom is -0.364 e. The average Bonchev–Trinajstić information content (AvgIpc) is 3.05. The molecule has 2 aromatic rings. The lowest BCUT2D eigenvalue weighted by Gasteiger charge is -2.12. The fourth-order valence-electron chi connectivity index (χ4n) is 2.14. The fourth-order valence-corrected chi connectivity index (χ4v) is 3.26. The SMILES string of the molecule is CCc1sc([C@H](C)NC(=O)COCc2nncn2C)cc1C. The van der Waals surface area contributed by atoms with Gasteiger partial charge < -0.3 is 14.6 Å². The monoisotopic (exact) mass is 322 g/mol. The van der Waals surface area contributed by atoms with Crippen molar-refractivity contribution in [2.75, 3.05) is 6.61 Å². The molecule has 7 heteroatoms. The molecule has 2 rings (SSSR count). The van der Waals surface area contributed by atoms with Gasteiger partial charge in [0.1, 0.15) is 19.5 Å². The Morgan fingerprint density at radius 2 is 2.32 bits per heavy atom. The summed E-state index contributed by atoms with van der Waals surface area (Å²) in [6, 6.07) is 2.14. The highest BCUT2D eigenvalue weighted by molar-refractivity contribution is 7.12. The standard InChI is InChI=1S/C15H22N4O2S/c1-5-12-10(2)6-13(22-12)11(3)17-15(20)8-21-7-14-18-16-9-19(14)4/h6,9,11H,5,7-8H2,1-4H3,(H,17,20)/t11-/m0/s1. The van der Waals surface area contributed by atoms with Gasteiger partial charge in [-0.25, -0.2) is 0 Å². The van der Waals surface area contributed by atoms with E-state index in [0.717, 1.165) is 6.42 Å². The highest BCUT2D eigenvalue weighted by Gasteiger charge is 2.14. The summed E-state index contributed by atoms with van der Waals surface area (Å²) < 4.78 is 7.14. The van der Waals surface area contributed by atoms with Gasteiger partial charge in [-0.05, 0) is 31.9 Å². The van der Waals surface area contributed by atoms with E-state index in [1.165, 1.54) is 15.3 Å². The van der Waals surface area contributed by atoms with Crippen LogP contribution in [0.1, 0.15) is 41.0 Å². The molecule has 0 aromatic carbocycles. The maximum atomic E-state index is 11.9. The number of carbonyl (C=O) groups is 1. The van der Waals surface area contributed by atoms with Crippen molar-refractivity contribution in [1.82, 2.24) is 20.1 Å². The molecule has 1 atom stereocenters. The molecular weight excluding hydrogens is 300 g/mol. The second-order valence-electron chi connectivity index (χ2n) is 5.25. The van der Waals surface area contributed by atoms with Crippen LogP contribution in [0.5, 0.6) is 0 Å². The number of hydrogen-bond donors (Lipinski definition) is 1. The van der Waals surface area contributed by atoms with E-state index in [1.807, 2.05) is 14.0 Å². The number of aromatic nitrogens is 3. The molecule has 0 bridgehead atoms. The summed E-state index contributed by atoms with van der Waals surface area (Å²) in [6.07, 6.45) is 2.63. The summed E-state index contributed by atoms with van der Waals surface area (Å²) in [5.41, 5.74) is 1.29. The largest absolute Gasteiger partial charge is 0.364 e. The van der Waals surface area contributed by atoms with Gasteiger partial charge in [-0.15, -0.1) is 21.5 Å². The number of nitrogens with one attached hydrogen (secondary N) is 1. The van der Waals surface area contributed by atoms with E-state index in [0.29, 0.717) is 5.82 Å². The van der Waals surface area contributed by atoms with Gasteiger partial charge in [-0.2, -0.15) is 0 Å². The molecule has 0 unspecified atom stereocenters. The first-order valence-electron chi connectivity index (χ1n) is 7.30. The number of aryl methyl sites for hydroxylation is 3. The van der Waals surface area contributed by atoms with Gasteiger partial charge in [-0.3, -0.25) is 4.79 Å². The molecule has 0 saturated heterocycles. The molecule has 120 valence electrons. The summed E-state index contributed by atoms with van der Waals surface area (Å²) >= 11 is 1.76.